The number of thiophene rings is 1. The third-order valence-corrected chi connectivity index (χ3v) is 7.20. The Morgan fingerprint density at radius 3 is 2.71 bits per heavy atom. The molecular formula is C23H29N3O3S2. The lowest BCUT2D eigenvalue weighted by Gasteiger charge is -2.18. The molecule has 2 aromatic heterocycles. The van der Waals surface area contributed by atoms with Crippen LogP contribution in [-0.2, 0) is 22.6 Å². The Hall–Kier alpha value is -2.16. The second kappa shape index (κ2) is 10.9. The van der Waals surface area contributed by atoms with E-state index in [-0.39, 0.29) is 17.2 Å². The SMILES string of the molecule is CCOCCCn1c(SCC(=O)N(C)Cc2ccccc2)nc2sc(C)c(C)c2c1=O. The molecule has 0 unspecified atom stereocenters. The van der Waals surface area contributed by atoms with Crippen LogP contribution < -0.4 is 5.56 Å². The van der Waals surface area contributed by atoms with Crippen molar-refractivity contribution in [3.63, 3.8) is 0 Å². The van der Waals surface area contributed by atoms with Crippen molar-refractivity contribution in [3.05, 3.63) is 56.7 Å². The molecule has 0 aliphatic heterocycles. The van der Waals surface area contributed by atoms with Crippen LogP contribution in [-0.4, -0.2) is 46.4 Å². The lowest BCUT2D eigenvalue weighted by Crippen LogP contribution is -2.29. The molecule has 1 amide bonds. The zero-order valence-corrected chi connectivity index (χ0v) is 20.1. The number of hydrogen-bond acceptors (Lipinski definition) is 6. The van der Waals surface area contributed by atoms with Crippen LogP contribution in [0.2, 0.25) is 0 Å². The molecule has 0 bridgehead atoms. The van der Waals surface area contributed by atoms with E-state index >= 15 is 0 Å². The van der Waals surface area contributed by atoms with Gasteiger partial charge in [-0.3, -0.25) is 14.2 Å². The van der Waals surface area contributed by atoms with Gasteiger partial charge in [0.2, 0.25) is 5.91 Å². The normalized spacial score (nSPS) is 11.2. The molecule has 3 rings (SSSR count). The molecule has 31 heavy (non-hydrogen) atoms. The standard InChI is InChI=1S/C23H29N3O3S2/c1-5-29-13-9-12-26-22(28)20-16(2)17(3)31-21(20)24-23(26)30-15-19(27)25(4)14-18-10-7-6-8-11-18/h6-8,10-11H,5,9,12-15H2,1-4H3. The number of aromatic nitrogens is 2. The van der Waals surface area contributed by atoms with Gasteiger partial charge in [-0.15, -0.1) is 11.3 Å². The first-order valence-electron chi connectivity index (χ1n) is 10.4. The number of carbonyl (C=O) groups is 1. The molecule has 0 aliphatic rings. The summed E-state index contributed by atoms with van der Waals surface area (Å²) in [7, 11) is 1.80. The zero-order valence-electron chi connectivity index (χ0n) is 18.5. The minimum absolute atomic E-state index is 0.00241. The fourth-order valence-corrected chi connectivity index (χ4v) is 5.30. The quantitative estimate of drug-likeness (QED) is 0.258. The Morgan fingerprint density at radius 1 is 1.26 bits per heavy atom. The van der Waals surface area contributed by atoms with E-state index in [1.54, 1.807) is 16.5 Å². The number of aryl methyl sites for hydroxylation is 2. The maximum Gasteiger partial charge on any atom is 0.263 e. The highest BCUT2D eigenvalue weighted by molar-refractivity contribution is 7.99. The summed E-state index contributed by atoms with van der Waals surface area (Å²) in [4.78, 5) is 34.3. The molecule has 8 heteroatoms. The van der Waals surface area contributed by atoms with Crippen LogP contribution in [0, 0.1) is 13.8 Å². The number of hydrogen-bond donors (Lipinski definition) is 0. The molecule has 166 valence electrons. The smallest absolute Gasteiger partial charge is 0.263 e. The monoisotopic (exact) mass is 459 g/mol. The lowest BCUT2D eigenvalue weighted by molar-refractivity contribution is -0.127. The minimum Gasteiger partial charge on any atom is -0.382 e. The van der Waals surface area contributed by atoms with E-state index in [1.807, 2.05) is 51.1 Å². The summed E-state index contributed by atoms with van der Waals surface area (Å²) in [6.07, 6.45) is 0.721. The van der Waals surface area contributed by atoms with Gasteiger partial charge in [0.1, 0.15) is 4.83 Å². The van der Waals surface area contributed by atoms with Crippen molar-refractivity contribution in [1.82, 2.24) is 14.5 Å². The predicted octanol–water partition coefficient (Wildman–Crippen LogP) is 4.25. The van der Waals surface area contributed by atoms with Gasteiger partial charge >= 0.3 is 0 Å². The van der Waals surface area contributed by atoms with E-state index in [0.29, 0.717) is 36.8 Å². The summed E-state index contributed by atoms with van der Waals surface area (Å²) < 4.78 is 7.14. The summed E-state index contributed by atoms with van der Waals surface area (Å²) in [6, 6.07) is 9.90. The van der Waals surface area contributed by atoms with E-state index in [4.69, 9.17) is 9.72 Å². The fourth-order valence-electron chi connectivity index (χ4n) is 3.27. The fraction of sp³-hybridized carbons (Fsp3) is 0.435. The third-order valence-electron chi connectivity index (χ3n) is 5.14. The van der Waals surface area contributed by atoms with E-state index in [2.05, 4.69) is 0 Å². The van der Waals surface area contributed by atoms with Crippen LogP contribution in [0.1, 0.15) is 29.3 Å². The Morgan fingerprint density at radius 2 is 2.00 bits per heavy atom. The number of fused-ring (bicyclic) bond motifs is 1. The number of thioether (sulfide) groups is 1. The Bertz CT molecular complexity index is 1090. The van der Waals surface area contributed by atoms with Gasteiger partial charge in [0.05, 0.1) is 11.1 Å². The second-order valence-electron chi connectivity index (χ2n) is 7.39. The molecule has 0 N–H and O–H groups in total. The molecule has 6 nitrogen and oxygen atoms in total. The van der Waals surface area contributed by atoms with Crippen LogP contribution in [0.5, 0.6) is 0 Å². The van der Waals surface area contributed by atoms with Crippen LogP contribution >= 0.6 is 23.1 Å². The molecule has 0 fully saturated rings. The lowest BCUT2D eigenvalue weighted by atomic mass is 10.2. The van der Waals surface area contributed by atoms with Gasteiger partial charge in [-0.2, -0.15) is 0 Å². The van der Waals surface area contributed by atoms with Gasteiger partial charge in [-0.25, -0.2) is 4.98 Å². The molecule has 0 radical (unpaired) electrons. The van der Waals surface area contributed by atoms with Crippen molar-refractivity contribution in [2.45, 2.75) is 45.4 Å². The number of nitrogens with zero attached hydrogens (tertiary/aromatic N) is 3. The van der Waals surface area contributed by atoms with Crippen LogP contribution in [0.15, 0.2) is 40.3 Å². The number of rotatable bonds is 10. The van der Waals surface area contributed by atoms with Crippen LogP contribution in [0.25, 0.3) is 10.2 Å². The number of carbonyl (C=O) groups excluding carboxylic acids is 1. The molecule has 0 saturated carbocycles. The highest BCUT2D eigenvalue weighted by Gasteiger charge is 2.18. The highest BCUT2D eigenvalue weighted by Crippen LogP contribution is 2.28. The van der Waals surface area contributed by atoms with Crippen molar-refractivity contribution in [2.24, 2.45) is 0 Å². The topological polar surface area (TPSA) is 64.4 Å². The molecule has 2 heterocycles. The Labute approximate surface area is 191 Å². The van der Waals surface area contributed by atoms with Crippen molar-refractivity contribution >= 4 is 39.2 Å². The summed E-state index contributed by atoms with van der Waals surface area (Å²) in [5.41, 5.74) is 2.04. The van der Waals surface area contributed by atoms with Gasteiger partial charge in [0.25, 0.3) is 5.56 Å². The predicted molar refractivity (Wildman–Crippen MR) is 128 cm³/mol. The van der Waals surface area contributed by atoms with Gasteiger partial charge < -0.3 is 9.64 Å². The average molecular weight is 460 g/mol. The number of amides is 1. The van der Waals surface area contributed by atoms with Crippen molar-refractivity contribution in [2.75, 3.05) is 26.0 Å². The van der Waals surface area contributed by atoms with Crippen molar-refractivity contribution in [1.29, 1.82) is 0 Å². The Kier molecular flexibility index (Phi) is 8.28. The first-order valence-corrected chi connectivity index (χ1v) is 12.2. The molecule has 3 aromatic rings. The van der Waals surface area contributed by atoms with Gasteiger partial charge in [0.15, 0.2) is 5.16 Å². The van der Waals surface area contributed by atoms with Crippen LogP contribution in [0.4, 0.5) is 0 Å². The number of ether oxygens (including phenoxy) is 1. The summed E-state index contributed by atoms with van der Waals surface area (Å²) in [5.74, 6) is 0.235. The van der Waals surface area contributed by atoms with Crippen molar-refractivity contribution in [3.8, 4) is 0 Å². The van der Waals surface area contributed by atoms with Gasteiger partial charge in [-0.1, -0.05) is 42.1 Å². The molecule has 1 aromatic carbocycles. The van der Waals surface area contributed by atoms with Crippen LogP contribution in [0.3, 0.4) is 0 Å². The van der Waals surface area contributed by atoms with E-state index < -0.39 is 0 Å². The molecule has 0 aliphatic carbocycles. The average Bonchev–Trinajstić information content (AvgIpc) is 3.05. The summed E-state index contributed by atoms with van der Waals surface area (Å²) in [5, 5.41) is 1.28. The first kappa shape index (κ1) is 23.5. The maximum atomic E-state index is 13.2. The minimum atomic E-state index is -0.0315. The second-order valence-corrected chi connectivity index (χ2v) is 9.53. The van der Waals surface area contributed by atoms with E-state index in [9.17, 15) is 9.59 Å². The third kappa shape index (κ3) is 5.75. The highest BCUT2D eigenvalue weighted by atomic mass is 32.2. The molecule has 0 atom stereocenters. The van der Waals surface area contributed by atoms with Gasteiger partial charge in [0, 0.05) is 38.2 Å². The maximum absolute atomic E-state index is 13.2. The Balaban J connectivity index is 1.79. The zero-order chi connectivity index (χ0) is 22.4. The molecule has 0 saturated heterocycles. The number of benzene rings is 1. The van der Waals surface area contributed by atoms with E-state index in [1.165, 1.54) is 23.1 Å². The summed E-state index contributed by atoms with van der Waals surface area (Å²) in [6.45, 7) is 8.25. The largest absolute Gasteiger partial charge is 0.382 e. The summed E-state index contributed by atoms with van der Waals surface area (Å²) >= 11 is 2.86. The molecular weight excluding hydrogens is 430 g/mol. The first-order chi connectivity index (χ1) is 14.9. The molecule has 0 spiro atoms. The van der Waals surface area contributed by atoms with Crippen molar-refractivity contribution < 1.29 is 9.53 Å². The van der Waals surface area contributed by atoms with Gasteiger partial charge in [-0.05, 0) is 38.3 Å². The van der Waals surface area contributed by atoms with E-state index in [0.717, 1.165) is 27.3 Å².